The number of rotatable bonds is 2. The van der Waals surface area contributed by atoms with E-state index in [1.807, 2.05) is 25.1 Å². The normalized spacial score (nSPS) is 10.2. The lowest BCUT2D eigenvalue weighted by molar-refractivity contribution is 1.05. The van der Waals surface area contributed by atoms with Crippen LogP contribution in [0.2, 0.25) is 0 Å². The number of hydrogen-bond acceptors (Lipinski definition) is 4. The molecule has 0 amide bonds. The summed E-state index contributed by atoms with van der Waals surface area (Å²) in [6, 6.07) is 5.99. The topological polar surface area (TPSA) is 51.8 Å². The Morgan fingerprint density at radius 2 is 2.13 bits per heavy atom. The van der Waals surface area contributed by atoms with Gasteiger partial charge in [0.1, 0.15) is 5.03 Å². The Balaban J connectivity index is 2.22. The first-order valence-corrected chi connectivity index (χ1v) is 5.37. The maximum absolute atomic E-state index is 5.82. The van der Waals surface area contributed by atoms with E-state index in [4.69, 9.17) is 5.73 Å². The average Bonchev–Trinajstić information content (AvgIpc) is 2.25. The lowest BCUT2D eigenvalue weighted by atomic mass is 10.2. The second-order valence-electron chi connectivity index (χ2n) is 3.16. The lowest BCUT2D eigenvalue weighted by Crippen LogP contribution is -1.89. The number of nitrogens with zero attached hydrogens (tertiary/aromatic N) is 2. The van der Waals surface area contributed by atoms with Crippen molar-refractivity contribution in [2.45, 2.75) is 16.8 Å². The molecular formula is C11H11N3S. The van der Waals surface area contributed by atoms with E-state index in [0.29, 0.717) is 0 Å². The van der Waals surface area contributed by atoms with Gasteiger partial charge in [0, 0.05) is 23.0 Å². The van der Waals surface area contributed by atoms with E-state index in [2.05, 4.69) is 9.97 Å². The van der Waals surface area contributed by atoms with Crippen molar-refractivity contribution < 1.29 is 0 Å². The van der Waals surface area contributed by atoms with E-state index in [1.165, 1.54) is 0 Å². The van der Waals surface area contributed by atoms with Crippen LogP contribution in [-0.2, 0) is 0 Å². The summed E-state index contributed by atoms with van der Waals surface area (Å²) in [4.78, 5) is 9.27. The molecule has 2 aromatic rings. The van der Waals surface area contributed by atoms with Crippen LogP contribution < -0.4 is 5.73 Å². The van der Waals surface area contributed by atoms with E-state index in [-0.39, 0.29) is 0 Å². The van der Waals surface area contributed by atoms with Gasteiger partial charge in [-0.3, -0.25) is 4.98 Å². The van der Waals surface area contributed by atoms with Crippen molar-refractivity contribution in [2.24, 2.45) is 0 Å². The molecule has 0 atom stereocenters. The number of aromatic nitrogens is 2. The molecule has 0 bridgehead atoms. The van der Waals surface area contributed by atoms with Crippen molar-refractivity contribution in [3.8, 4) is 0 Å². The molecular weight excluding hydrogens is 206 g/mol. The molecule has 0 aliphatic rings. The molecule has 0 aliphatic carbocycles. The van der Waals surface area contributed by atoms with Crippen LogP contribution in [0, 0.1) is 6.92 Å². The SMILES string of the molecule is Cc1ccc(Sc2cnccn2)cc1N. The molecule has 0 saturated heterocycles. The molecule has 1 aromatic carbocycles. The molecule has 1 aromatic heterocycles. The minimum atomic E-state index is 0.809. The first kappa shape index (κ1) is 9.98. The third-order valence-corrected chi connectivity index (χ3v) is 2.92. The van der Waals surface area contributed by atoms with Crippen molar-refractivity contribution in [3.63, 3.8) is 0 Å². The Bertz CT molecular complexity index is 457. The molecule has 15 heavy (non-hydrogen) atoms. The van der Waals surface area contributed by atoms with Gasteiger partial charge in [0.25, 0.3) is 0 Å². The second kappa shape index (κ2) is 4.31. The van der Waals surface area contributed by atoms with Crippen LogP contribution >= 0.6 is 11.8 Å². The number of nitrogens with two attached hydrogens (primary N) is 1. The Kier molecular flexibility index (Phi) is 2.87. The molecule has 0 spiro atoms. The highest BCUT2D eigenvalue weighted by Crippen LogP contribution is 2.27. The number of benzene rings is 1. The van der Waals surface area contributed by atoms with E-state index in [9.17, 15) is 0 Å². The zero-order valence-corrected chi connectivity index (χ0v) is 9.16. The van der Waals surface area contributed by atoms with Gasteiger partial charge in [-0.05, 0) is 24.6 Å². The number of nitrogen functional groups attached to an aromatic ring is 1. The highest BCUT2D eigenvalue weighted by Gasteiger charge is 2.00. The van der Waals surface area contributed by atoms with Gasteiger partial charge in [-0.1, -0.05) is 17.8 Å². The maximum atomic E-state index is 5.82. The minimum Gasteiger partial charge on any atom is -0.398 e. The van der Waals surface area contributed by atoms with Gasteiger partial charge in [-0.25, -0.2) is 4.98 Å². The molecule has 3 nitrogen and oxygen atoms in total. The molecule has 0 fully saturated rings. The predicted molar refractivity (Wildman–Crippen MR) is 61.7 cm³/mol. The van der Waals surface area contributed by atoms with E-state index in [1.54, 1.807) is 30.4 Å². The van der Waals surface area contributed by atoms with Gasteiger partial charge in [0.15, 0.2) is 0 Å². The zero-order valence-electron chi connectivity index (χ0n) is 8.34. The molecule has 76 valence electrons. The summed E-state index contributed by atoms with van der Waals surface area (Å²) in [6.07, 6.45) is 5.08. The molecule has 0 aliphatic heterocycles. The Morgan fingerprint density at radius 3 is 2.80 bits per heavy atom. The summed E-state index contributed by atoms with van der Waals surface area (Å²) in [7, 11) is 0. The van der Waals surface area contributed by atoms with Gasteiger partial charge in [-0.2, -0.15) is 0 Å². The number of anilines is 1. The third kappa shape index (κ3) is 2.47. The van der Waals surface area contributed by atoms with Crippen LogP contribution in [0.3, 0.4) is 0 Å². The summed E-state index contributed by atoms with van der Waals surface area (Å²) in [5.74, 6) is 0. The monoisotopic (exact) mass is 217 g/mol. The first-order chi connectivity index (χ1) is 7.25. The van der Waals surface area contributed by atoms with Crippen LogP contribution in [0.15, 0.2) is 46.7 Å². The molecule has 0 unspecified atom stereocenters. The van der Waals surface area contributed by atoms with Gasteiger partial charge < -0.3 is 5.73 Å². The fourth-order valence-corrected chi connectivity index (χ4v) is 1.93. The van der Waals surface area contributed by atoms with Crippen LogP contribution in [0.25, 0.3) is 0 Å². The Morgan fingerprint density at radius 1 is 1.27 bits per heavy atom. The third-order valence-electron chi connectivity index (χ3n) is 2.01. The molecule has 1 heterocycles. The zero-order chi connectivity index (χ0) is 10.7. The fraction of sp³-hybridized carbons (Fsp3) is 0.0909. The summed E-state index contributed by atoms with van der Waals surface area (Å²) in [5.41, 5.74) is 7.73. The van der Waals surface area contributed by atoms with Crippen molar-refractivity contribution in [3.05, 3.63) is 42.4 Å². The second-order valence-corrected chi connectivity index (χ2v) is 4.26. The van der Waals surface area contributed by atoms with Gasteiger partial charge in [-0.15, -0.1) is 0 Å². The maximum Gasteiger partial charge on any atom is 0.119 e. The lowest BCUT2D eigenvalue weighted by Gasteiger charge is -2.03. The van der Waals surface area contributed by atoms with E-state index in [0.717, 1.165) is 21.2 Å². The largest absolute Gasteiger partial charge is 0.398 e. The van der Waals surface area contributed by atoms with Crippen LogP contribution in [-0.4, -0.2) is 9.97 Å². The molecule has 0 radical (unpaired) electrons. The van der Waals surface area contributed by atoms with Crippen molar-refractivity contribution in [1.29, 1.82) is 0 Å². The first-order valence-electron chi connectivity index (χ1n) is 4.56. The highest BCUT2D eigenvalue weighted by molar-refractivity contribution is 7.99. The number of aryl methyl sites for hydroxylation is 1. The standard InChI is InChI=1S/C11H11N3S/c1-8-2-3-9(6-10(8)12)15-11-7-13-4-5-14-11/h2-7H,12H2,1H3. The summed E-state index contributed by atoms with van der Waals surface area (Å²) < 4.78 is 0. The fourth-order valence-electron chi connectivity index (χ4n) is 1.14. The van der Waals surface area contributed by atoms with Gasteiger partial charge >= 0.3 is 0 Å². The molecule has 4 heteroatoms. The van der Waals surface area contributed by atoms with E-state index >= 15 is 0 Å². The highest BCUT2D eigenvalue weighted by atomic mass is 32.2. The van der Waals surface area contributed by atoms with Gasteiger partial charge in [0.2, 0.25) is 0 Å². The van der Waals surface area contributed by atoms with Crippen molar-refractivity contribution in [2.75, 3.05) is 5.73 Å². The number of hydrogen-bond donors (Lipinski definition) is 1. The molecule has 0 saturated carbocycles. The van der Waals surface area contributed by atoms with Crippen LogP contribution in [0.5, 0.6) is 0 Å². The smallest absolute Gasteiger partial charge is 0.119 e. The van der Waals surface area contributed by atoms with E-state index < -0.39 is 0 Å². The minimum absolute atomic E-state index is 0.809. The average molecular weight is 217 g/mol. The quantitative estimate of drug-likeness (QED) is 0.785. The Hall–Kier alpha value is -1.55. The van der Waals surface area contributed by atoms with Crippen LogP contribution in [0.1, 0.15) is 5.56 Å². The van der Waals surface area contributed by atoms with Crippen LogP contribution in [0.4, 0.5) is 5.69 Å². The van der Waals surface area contributed by atoms with Crippen molar-refractivity contribution in [1.82, 2.24) is 9.97 Å². The predicted octanol–water partition coefficient (Wildman–Crippen LogP) is 2.52. The summed E-state index contributed by atoms with van der Waals surface area (Å²) >= 11 is 1.56. The Labute approximate surface area is 92.8 Å². The molecule has 2 rings (SSSR count). The summed E-state index contributed by atoms with van der Waals surface area (Å²) in [5, 5.41) is 0.876. The van der Waals surface area contributed by atoms with Crippen molar-refractivity contribution >= 4 is 17.4 Å². The molecule has 2 N–H and O–H groups in total. The summed E-state index contributed by atoms with van der Waals surface area (Å²) in [6.45, 7) is 1.99. The van der Waals surface area contributed by atoms with Gasteiger partial charge in [0.05, 0.1) is 6.20 Å².